The second-order valence-electron chi connectivity index (χ2n) is 6.65. The van der Waals surface area contributed by atoms with E-state index in [0.717, 1.165) is 24.8 Å². The van der Waals surface area contributed by atoms with E-state index in [1.54, 1.807) is 24.3 Å². The van der Waals surface area contributed by atoms with Gasteiger partial charge in [-0.3, -0.25) is 4.79 Å². The molecule has 1 aliphatic carbocycles. The van der Waals surface area contributed by atoms with Gasteiger partial charge >= 0.3 is 5.97 Å². The Hall–Kier alpha value is -2.66. The number of aryl methyl sites for hydroxylation is 1. The van der Waals surface area contributed by atoms with Gasteiger partial charge in [-0.15, -0.1) is 0 Å². The Morgan fingerprint density at radius 3 is 2.65 bits per heavy atom. The molecule has 1 amide bonds. The van der Waals surface area contributed by atoms with Crippen LogP contribution >= 0.6 is 0 Å². The van der Waals surface area contributed by atoms with E-state index >= 15 is 0 Å². The number of amides is 1. The van der Waals surface area contributed by atoms with Gasteiger partial charge in [0.15, 0.2) is 0 Å². The fraction of sp³-hybridized carbons (Fsp3) is 0.333. The van der Waals surface area contributed by atoms with Crippen molar-refractivity contribution in [3.05, 3.63) is 70.8 Å². The van der Waals surface area contributed by atoms with Crippen molar-refractivity contribution in [2.24, 2.45) is 5.73 Å². The van der Waals surface area contributed by atoms with E-state index < -0.39 is 6.04 Å². The molecule has 5 nitrogen and oxygen atoms in total. The quantitative estimate of drug-likeness (QED) is 0.810. The zero-order chi connectivity index (χ0) is 18.5. The number of nitrogens with one attached hydrogen (secondary N) is 1. The lowest BCUT2D eigenvalue weighted by molar-refractivity contribution is -0.123. The summed E-state index contributed by atoms with van der Waals surface area (Å²) in [5, 5.41) is 3.10. The lowest BCUT2D eigenvalue weighted by Gasteiger charge is -2.27. The van der Waals surface area contributed by atoms with Crippen LogP contribution in [0.2, 0.25) is 0 Å². The van der Waals surface area contributed by atoms with E-state index in [9.17, 15) is 9.59 Å². The molecular formula is C21H24N2O3. The van der Waals surface area contributed by atoms with E-state index in [-0.39, 0.29) is 17.9 Å². The topological polar surface area (TPSA) is 81.4 Å². The Morgan fingerprint density at radius 1 is 1.19 bits per heavy atom. The van der Waals surface area contributed by atoms with Crippen molar-refractivity contribution in [1.29, 1.82) is 0 Å². The minimum Gasteiger partial charge on any atom is -0.465 e. The predicted octanol–water partition coefficient (Wildman–Crippen LogP) is 2.54. The van der Waals surface area contributed by atoms with Crippen LogP contribution in [0.5, 0.6) is 0 Å². The number of hydrogen-bond donors (Lipinski definition) is 2. The number of ether oxygens (including phenoxy) is 1. The summed E-state index contributed by atoms with van der Waals surface area (Å²) in [6, 6.07) is 14.6. The summed E-state index contributed by atoms with van der Waals surface area (Å²) in [7, 11) is 1.35. The van der Waals surface area contributed by atoms with E-state index in [2.05, 4.69) is 22.2 Å². The molecule has 2 aromatic rings. The van der Waals surface area contributed by atoms with Crippen LogP contribution in [0.1, 0.15) is 45.9 Å². The number of benzene rings is 2. The van der Waals surface area contributed by atoms with Crippen LogP contribution in [0.3, 0.4) is 0 Å². The van der Waals surface area contributed by atoms with E-state index in [0.29, 0.717) is 12.0 Å². The normalized spacial score (nSPS) is 17.1. The van der Waals surface area contributed by atoms with Crippen molar-refractivity contribution < 1.29 is 14.3 Å². The number of hydrogen-bond acceptors (Lipinski definition) is 4. The molecule has 0 unspecified atom stereocenters. The van der Waals surface area contributed by atoms with Crippen LogP contribution in [0.25, 0.3) is 0 Å². The summed E-state index contributed by atoms with van der Waals surface area (Å²) in [5.74, 6) is -0.529. The summed E-state index contributed by atoms with van der Waals surface area (Å²) >= 11 is 0. The Labute approximate surface area is 153 Å². The Morgan fingerprint density at radius 2 is 1.92 bits per heavy atom. The summed E-state index contributed by atoms with van der Waals surface area (Å²) in [4.78, 5) is 24.0. The summed E-state index contributed by atoms with van der Waals surface area (Å²) in [5.41, 5.74) is 9.99. The molecule has 3 rings (SSSR count). The van der Waals surface area contributed by atoms with Crippen LogP contribution in [0, 0.1) is 0 Å². The summed E-state index contributed by atoms with van der Waals surface area (Å²) < 4.78 is 4.68. The van der Waals surface area contributed by atoms with Crippen molar-refractivity contribution in [2.45, 2.75) is 37.8 Å². The van der Waals surface area contributed by atoms with Gasteiger partial charge in [-0.05, 0) is 54.5 Å². The summed E-state index contributed by atoms with van der Waals surface area (Å²) in [6.07, 6.45) is 3.47. The highest BCUT2D eigenvalue weighted by atomic mass is 16.5. The molecular weight excluding hydrogens is 328 g/mol. The maximum absolute atomic E-state index is 12.5. The van der Waals surface area contributed by atoms with Crippen LogP contribution in [0.15, 0.2) is 48.5 Å². The molecule has 0 heterocycles. The zero-order valence-electron chi connectivity index (χ0n) is 14.9. The third-order valence-electron chi connectivity index (χ3n) is 4.85. The number of nitrogens with two attached hydrogens (primary N) is 1. The molecule has 0 radical (unpaired) electrons. The molecule has 0 bridgehead atoms. The minimum atomic E-state index is -0.631. The van der Waals surface area contributed by atoms with Gasteiger partial charge in [0.1, 0.15) is 0 Å². The maximum Gasteiger partial charge on any atom is 0.337 e. The molecule has 2 aromatic carbocycles. The molecule has 5 heteroatoms. The molecule has 0 fully saturated rings. The number of carbonyl (C=O) groups is 2. The number of rotatable bonds is 5. The van der Waals surface area contributed by atoms with Gasteiger partial charge in [-0.1, -0.05) is 36.4 Å². The molecule has 0 aliphatic heterocycles. The van der Waals surface area contributed by atoms with Crippen molar-refractivity contribution >= 4 is 11.9 Å². The van der Waals surface area contributed by atoms with Gasteiger partial charge in [0, 0.05) is 0 Å². The lowest BCUT2D eigenvalue weighted by Crippen LogP contribution is -2.44. The van der Waals surface area contributed by atoms with Gasteiger partial charge in [-0.2, -0.15) is 0 Å². The van der Waals surface area contributed by atoms with Crippen LogP contribution in [-0.4, -0.2) is 25.0 Å². The third kappa shape index (κ3) is 4.11. The molecule has 136 valence electrons. The number of fused-ring (bicyclic) bond motifs is 1. The first-order valence-corrected chi connectivity index (χ1v) is 8.89. The highest BCUT2D eigenvalue weighted by Gasteiger charge is 2.24. The highest BCUT2D eigenvalue weighted by Crippen LogP contribution is 2.29. The fourth-order valence-electron chi connectivity index (χ4n) is 3.42. The van der Waals surface area contributed by atoms with Crippen molar-refractivity contribution in [1.82, 2.24) is 5.32 Å². The molecule has 2 atom stereocenters. The Balaban J connectivity index is 1.61. The first-order chi connectivity index (χ1) is 12.6. The predicted molar refractivity (Wildman–Crippen MR) is 99.7 cm³/mol. The van der Waals surface area contributed by atoms with Gasteiger partial charge in [-0.25, -0.2) is 4.79 Å². The van der Waals surface area contributed by atoms with Crippen LogP contribution in [0.4, 0.5) is 0 Å². The molecule has 26 heavy (non-hydrogen) atoms. The highest BCUT2D eigenvalue weighted by molar-refractivity contribution is 5.89. The number of carbonyl (C=O) groups excluding carboxylic acids is 2. The molecule has 3 N–H and O–H groups in total. The minimum absolute atomic E-state index is 0.0280. The Kier molecular flexibility index (Phi) is 5.68. The summed E-state index contributed by atoms with van der Waals surface area (Å²) in [6.45, 7) is 0. The second kappa shape index (κ2) is 8.15. The SMILES string of the molecule is COC(=O)c1ccc(C[C@H](N)C(=O)N[C@@H]2CCCc3ccccc32)cc1. The van der Waals surface area contributed by atoms with Crippen molar-refractivity contribution in [2.75, 3.05) is 7.11 Å². The second-order valence-corrected chi connectivity index (χ2v) is 6.65. The molecule has 1 aliphatic rings. The average molecular weight is 352 g/mol. The van der Waals surface area contributed by atoms with Gasteiger partial charge in [0.05, 0.1) is 24.8 Å². The Bertz CT molecular complexity index is 786. The monoisotopic (exact) mass is 352 g/mol. The molecule has 0 saturated heterocycles. The standard InChI is InChI=1S/C21H24N2O3/c1-26-21(25)16-11-9-14(10-12-16)13-18(22)20(24)23-19-8-4-6-15-5-2-3-7-17(15)19/h2-3,5,7,9-12,18-19H,4,6,8,13,22H2,1H3,(H,23,24)/t18-,19+/m0/s1. The van der Waals surface area contributed by atoms with E-state index in [4.69, 9.17) is 5.73 Å². The van der Waals surface area contributed by atoms with Gasteiger partial charge in [0.25, 0.3) is 0 Å². The molecule has 0 aromatic heterocycles. The zero-order valence-corrected chi connectivity index (χ0v) is 14.9. The maximum atomic E-state index is 12.5. The smallest absolute Gasteiger partial charge is 0.337 e. The van der Waals surface area contributed by atoms with Crippen molar-refractivity contribution in [3.8, 4) is 0 Å². The molecule has 0 saturated carbocycles. The van der Waals surface area contributed by atoms with Gasteiger partial charge < -0.3 is 15.8 Å². The fourth-order valence-corrected chi connectivity index (χ4v) is 3.42. The first kappa shape index (κ1) is 18.1. The van der Waals surface area contributed by atoms with E-state index in [1.807, 2.05) is 12.1 Å². The lowest BCUT2D eigenvalue weighted by atomic mass is 9.87. The number of methoxy groups -OCH3 is 1. The van der Waals surface area contributed by atoms with Crippen LogP contribution in [-0.2, 0) is 22.4 Å². The third-order valence-corrected chi connectivity index (χ3v) is 4.85. The largest absolute Gasteiger partial charge is 0.465 e. The molecule has 0 spiro atoms. The number of esters is 1. The van der Waals surface area contributed by atoms with Crippen molar-refractivity contribution in [3.63, 3.8) is 0 Å². The first-order valence-electron chi connectivity index (χ1n) is 8.89. The van der Waals surface area contributed by atoms with Crippen LogP contribution < -0.4 is 11.1 Å². The average Bonchev–Trinajstić information content (AvgIpc) is 2.68. The van der Waals surface area contributed by atoms with Gasteiger partial charge in [0.2, 0.25) is 5.91 Å². The van der Waals surface area contributed by atoms with E-state index in [1.165, 1.54) is 18.2 Å².